The van der Waals surface area contributed by atoms with Gasteiger partial charge in [0.05, 0.1) is 21.4 Å². The lowest BCUT2D eigenvalue weighted by Crippen LogP contribution is -2.02. The van der Waals surface area contributed by atoms with E-state index >= 15 is 0 Å². The number of hydrogen-bond donors (Lipinski definition) is 0. The fourth-order valence-corrected chi connectivity index (χ4v) is 2.63. The second-order valence-electron chi connectivity index (χ2n) is 4.44. The first kappa shape index (κ1) is 14.6. The highest BCUT2D eigenvalue weighted by Crippen LogP contribution is 2.26. The van der Waals surface area contributed by atoms with Crippen LogP contribution in [0.15, 0.2) is 36.5 Å². The Hall–Kier alpha value is -1.31. The van der Waals surface area contributed by atoms with Crippen molar-refractivity contribution in [1.29, 1.82) is 0 Å². The topological polar surface area (TPSA) is 47.9 Å². The van der Waals surface area contributed by atoms with Gasteiger partial charge in [0, 0.05) is 24.3 Å². The molecule has 106 valence electrons. The highest BCUT2D eigenvalue weighted by atomic mass is 127. The molecule has 0 unspecified atom stereocenters. The van der Waals surface area contributed by atoms with Gasteiger partial charge in [0.1, 0.15) is 5.15 Å². The maximum absolute atomic E-state index is 6.20. The van der Waals surface area contributed by atoms with Crippen LogP contribution in [0, 0.1) is 3.57 Å². The lowest BCUT2D eigenvalue weighted by Gasteiger charge is -2.08. The average Bonchev–Trinajstić information content (AvgIpc) is 2.51. The number of nitrogens with zero attached hydrogens (tertiary/aromatic N) is 3. The summed E-state index contributed by atoms with van der Waals surface area (Å²) in [6.07, 6.45) is 1.77. The molecule has 0 amide bonds. The van der Waals surface area contributed by atoms with Crippen molar-refractivity contribution >= 4 is 45.1 Å². The molecule has 1 aromatic carbocycles. The zero-order valence-corrected chi connectivity index (χ0v) is 14.1. The molecule has 0 spiro atoms. The summed E-state index contributed by atoms with van der Waals surface area (Å²) in [5.74, 6) is 0.596. The Kier molecular flexibility index (Phi) is 4.32. The summed E-state index contributed by atoms with van der Waals surface area (Å²) in [5, 5.41) is 1.49. The summed E-state index contributed by atoms with van der Waals surface area (Å²) in [6, 6.07) is 9.83. The number of hydrogen-bond acceptors (Lipinski definition) is 4. The van der Waals surface area contributed by atoms with E-state index < -0.39 is 0 Å². The molecule has 3 aromatic rings. The molecule has 0 bridgehead atoms. The Balaban J connectivity index is 2.13. The third kappa shape index (κ3) is 3.00. The third-order valence-electron chi connectivity index (χ3n) is 3.02. The van der Waals surface area contributed by atoms with Crippen molar-refractivity contribution < 1.29 is 4.74 Å². The van der Waals surface area contributed by atoms with Crippen LogP contribution in [0.4, 0.5) is 0 Å². The Labute approximate surface area is 140 Å². The van der Waals surface area contributed by atoms with Crippen LogP contribution in [0.3, 0.4) is 0 Å². The van der Waals surface area contributed by atoms with Gasteiger partial charge in [0.15, 0.2) is 5.82 Å². The van der Waals surface area contributed by atoms with Gasteiger partial charge in [0.25, 0.3) is 0 Å². The fourth-order valence-electron chi connectivity index (χ4n) is 2.04. The van der Waals surface area contributed by atoms with Crippen molar-refractivity contribution in [1.82, 2.24) is 15.0 Å². The first-order valence-corrected chi connectivity index (χ1v) is 7.70. The molecular formula is C15H11ClIN3O. The fraction of sp³-hybridized carbons (Fsp3) is 0.133. The summed E-state index contributed by atoms with van der Waals surface area (Å²) in [4.78, 5) is 13.2. The molecule has 0 saturated carbocycles. The molecule has 21 heavy (non-hydrogen) atoms. The number of ether oxygens (including phenoxy) is 1. The van der Waals surface area contributed by atoms with Crippen molar-refractivity contribution in [2.75, 3.05) is 7.11 Å². The summed E-state index contributed by atoms with van der Waals surface area (Å²) < 4.78 is 5.98. The quantitative estimate of drug-likeness (QED) is 0.481. The molecule has 0 aliphatic rings. The molecule has 2 heterocycles. The molecule has 0 aliphatic heterocycles. The summed E-state index contributed by atoms with van der Waals surface area (Å²) in [5.41, 5.74) is 2.64. The standard InChI is InChI=1S/C15H11ClIN3O/c1-21-8-12-13(17)14(16)20-15(19-12)10-4-5-11-9(7-10)3-2-6-18-11/h2-7H,8H2,1H3. The Bertz CT molecular complexity index is 810. The van der Waals surface area contributed by atoms with Crippen molar-refractivity contribution in [3.63, 3.8) is 0 Å². The van der Waals surface area contributed by atoms with Gasteiger partial charge in [0.2, 0.25) is 0 Å². The van der Waals surface area contributed by atoms with Gasteiger partial charge in [-0.25, -0.2) is 9.97 Å². The highest BCUT2D eigenvalue weighted by Gasteiger charge is 2.12. The molecule has 0 radical (unpaired) electrons. The van der Waals surface area contributed by atoms with E-state index in [2.05, 4.69) is 37.5 Å². The van der Waals surface area contributed by atoms with E-state index in [1.807, 2.05) is 30.3 Å². The minimum Gasteiger partial charge on any atom is -0.378 e. The van der Waals surface area contributed by atoms with Gasteiger partial charge in [-0.05, 0) is 46.9 Å². The molecule has 2 aromatic heterocycles. The summed E-state index contributed by atoms with van der Waals surface area (Å²) in [6.45, 7) is 0.405. The molecule has 0 atom stereocenters. The number of methoxy groups -OCH3 is 1. The first-order valence-electron chi connectivity index (χ1n) is 6.25. The van der Waals surface area contributed by atoms with E-state index in [1.54, 1.807) is 13.3 Å². The van der Waals surface area contributed by atoms with Gasteiger partial charge in [-0.15, -0.1) is 0 Å². The third-order valence-corrected chi connectivity index (χ3v) is 4.75. The summed E-state index contributed by atoms with van der Waals surface area (Å²) in [7, 11) is 1.63. The van der Waals surface area contributed by atoms with Gasteiger partial charge >= 0.3 is 0 Å². The van der Waals surface area contributed by atoms with Crippen LogP contribution < -0.4 is 0 Å². The van der Waals surface area contributed by atoms with Crippen molar-refractivity contribution in [3.8, 4) is 11.4 Å². The normalized spacial score (nSPS) is 11.0. The van der Waals surface area contributed by atoms with Crippen LogP contribution in [-0.4, -0.2) is 22.1 Å². The number of benzene rings is 1. The van der Waals surface area contributed by atoms with E-state index in [9.17, 15) is 0 Å². The predicted octanol–water partition coefficient (Wildman–Crippen LogP) is 4.10. The largest absolute Gasteiger partial charge is 0.378 e. The van der Waals surface area contributed by atoms with Crippen LogP contribution in [-0.2, 0) is 11.3 Å². The van der Waals surface area contributed by atoms with Crippen molar-refractivity contribution in [3.05, 3.63) is 50.9 Å². The average molecular weight is 412 g/mol. The van der Waals surface area contributed by atoms with E-state index in [0.29, 0.717) is 17.6 Å². The lowest BCUT2D eigenvalue weighted by atomic mass is 10.1. The van der Waals surface area contributed by atoms with Crippen molar-refractivity contribution in [2.45, 2.75) is 6.61 Å². The Morgan fingerprint density at radius 2 is 2.10 bits per heavy atom. The first-order chi connectivity index (χ1) is 10.2. The zero-order chi connectivity index (χ0) is 14.8. The molecule has 6 heteroatoms. The van der Waals surface area contributed by atoms with Gasteiger partial charge < -0.3 is 4.74 Å². The molecule has 0 fully saturated rings. The minimum atomic E-state index is 0.405. The van der Waals surface area contributed by atoms with Crippen molar-refractivity contribution in [2.24, 2.45) is 0 Å². The molecule has 0 saturated heterocycles. The smallest absolute Gasteiger partial charge is 0.161 e. The van der Waals surface area contributed by atoms with Crippen LogP contribution in [0.1, 0.15) is 5.69 Å². The molecule has 4 nitrogen and oxygen atoms in total. The van der Waals surface area contributed by atoms with E-state index in [-0.39, 0.29) is 0 Å². The van der Waals surface area contributed by atoms with Crippen LogP contribution >= 0.6 is 34.2 Å². The molecular weight excluding hydrogens is 401 g/mol. The van der Waals surface area contributed by atoms with E-state index in [0.717, 1.165) is 25.7 Å². The van der Waals surface area contributed by atoms with Gasteiger partial charge in [-0.2, -0.15) is 0 Å². The van der Waals surface area contributed by atoms with E-state index in [1.165, 1.54) is 0 Å². The Morgan fingerprint density at radius 3 is 2.90 bits per heavy atom. The second kappa shape index (κ2) is 6.21. The Morgan fingerprint density at radius 1 is 1.24 bits per heavy atom. The molecule has 3 rings (SSSR count). The number of fused-ring (bicyclic) bond motifs is 1. The maximum atomic E-state index is 6.20. The SMILES string of the molecule is COCc1nc(-c2ccc3ncccc3c2)nc(Cl)c1I. The molecule has 0 N–H and O–H groups in total. The van der Waals surface area contributed by atoms with Crippen LogP contribution in [0.5, 0.6) is 0 Å². The number of aromatic nitrogens is 3. The van der Waals surface area contributed by atoms with E-state index in [4.69, 9.17) is 16.3 Å². The van der Waals surface area contributed by atoms with Gasteiger partial charge in [-0.3, -0.25) is 4.98 Å². The number of pyridine rings is 1. The maximum Gasteiger partial charge on any atom is 0.161 e. The zero-order valence-electron chi connectivity index (χ0n) is 11.2. The number of halogens is 2. The molecule has 0 aliphatic carbocycles. The minimum absolute atomic E-state index is 0.405. The lowest BCUT2D eigenvalue weighted by molar-refractivity contribution is 0.181. The van der Waals surface area contributed by atoms with Gasteiger partial charge in [-0.1, -0.05) is 17.7 Å². The second-order valence-corrected chi connectivity index (χ2v) is 5.88. The number of rotatable bonds is 3. The van der Waals surface area contributed by atoms with Crippen LogP contribution in [0.2, 0.25) is 5.15 Å². The summed E-state index contributed by atoms with van der Waals surface area (Å²) >= 11 is 8.33. The predicted molar refractivity (Wildman–Crippen MR) is 91.2 cm³/mol. The van der Waals surface area contributed by atoms with Crippen LogP contribution in [0.25, 0.3) is 22.3 Å². The monoisotopic (exact) mass is 411 g/mol. The highest BCUT2D eigenvalue weighted by molar-refractivity contribution is 14.1.